The summed E-state index contributed by atoms with van der Waals surface area (Å²) in [5.41, 5.74) is 3.04. The van der Waals surface area contributed by atoms with Crippen LogP contribution >= 0.6 is 11.3 Å². The van der Waals surface area contributed by atoms with Gasteiger partial charge in [0.15, 0.2) is 6.29 Å². The number of rotatable bonds is 5. The first-order chi connectivity index (χ1) is 12.8. The second kappa shape index (κ2) is 6.98. The van der Waals surface area contributed by atoms with Crippen LogP contribution in [0.25, 0.3) is 10.9 Å². The highest BCUT2D eigenvalue weighted by Crippen LogP contribution is 2.31. The molecule has 0 bridgehead atoms. The molecule has 0 aliphatic heterocycles. The SMILES string of the molecule is O=Cc1c(NC(=O)c2cccs2)c2ccccc2n1Cc1ccccc1. The Bertz CT molecular complexity index is 1070. The lowest BCUT2D eigenvalue weighted by atomic mass is 10.2. The van der Waals surface area contributed by atoms with E-state index < -0.39 is 0 Å². The smallest absolute Gasteiger partial charge is 0.265 e. The molecule has 0 spiro atoms. The maximum absolute atomic E-state index is 12.5. The number of nitrogens with zero attached hydrogens (tertiary/aromatic N) is 1. The Morgan fingerprint density at radius 3 is 2.50 bits per heavy atom. The van der Waals surface area contributed by atoms with Crippen LogP contribution in [0.1, 0.15) is 25.7 Å². The minimum absolute atomic E-state index is 0.203. The molecule has 4 rings (SSSR count). The van der Waals surface area contributed by atoms with Gasteiger partial charge in [0.25, 0.3) is 5.91 Å². The zero-order valence-corrected chi connectivity index (χ0v) is 14.7. The standard InChI is InChI=1S/C21H16N2O2S/c24-14-18-20(22-21(25)19-11-6-12-26-19)16-9-4-5-10-17(16)23(18)13-15-7-2-1-3-8-15/h1-12,14H,13H2,(H,22,25). The number of thiophene rings is 1. The number of anilines is 1. The first-order valence-electron chi connectivity index (χ1n) is 8.23. The highest BCUT2D eigenvalue weighted by atomic mass is 32.1. The van der Waals surface area contributed by atoms with Crippen LogP contribution in [0.15, 0.2) is 72.1 Å². The van der Waals surface area contributed by atoms with E-state index in [9.17, 15) is 9.59 Å². The van der Waals surface area contributed by atoms with Crippen molar-refractivity contribution in [3.63, 3.8) is 0 Å². The number of fused-ring (bicyclic) bond motifs is 1. The number of aldehydes is 1. The third kappa shape index (κ3) is 2.93. The molecule has 4 aromatic rings. The molecule has 2 heterocycles. The predicted octanol–water partition coefficient (Wildman–Crippen LogP) is 4.82. The summed E-state index contributed by atoms with van der Waals surface area (Å²) in [6.45, 7) is 0.560. The van der Waals surface area contributed by atoms with Crippen molar-refractivity contribution in [1.82, 2.24) is 4.57 Å². The summed E-state index contributed by atoms with van der Waals surface area (Å²) < 4.78 is 1.95. The molecule has 0 saturated heterocycles. The summed E-state index contributed by atoms with van der Waals surface area (Å²) in [5, 5.41) is 5.64. The van der Waals surface area contributed by atoms with Crippen molar-refractivity contribution >= 4 is 40.1 Å². The number of aromatic nitrogens is 1. The fraction of sp³-hybridized carbons (Fsp3) is 0.0476. The van der Waals surface area contributed by atoms with E-state index >= 15 is 0 Å². The largest absolute Gasteiger partial charge is 0.332 e. The van der Waals surface area contributed by atoms with Crippen LogP contribution in [0.2, 0.25) is 0 Å². The third-order valence-electron chi connectivity index (χ3n) is 4.29. The lowest BCUT2D eigenvalue weighted by Gasteiger charge is -2.08. The first-order valence-corrected chi connectivity index (χ1v) is 9.11. The number of carbonyl (C=O) groups is 2. The summed E-state index contributed by atoms with van der Waals surface area (Å²) in [7, 11) is 0. The van der Waals surface area contributed by atoms with Crippen molar-refractivity contribution in [2.45, 2.75) is 6.54 Å². The average molecular weight is 360 g/mol. The molecule has 4 nitrogen and oxygen atoms in total. The molecule has 0 atom stereocenters. The van der Waals surface area contributed by atoms with Gasteiger partial charge in [0.1, 0.15) is 5.69 Å². The van der Waals surface area contributed by atoms with Crippen LogP contribution in [-0.2, 0) is 6.54 Å². The maximum atomic E-state index is 12.5. The van der Waals surface area contributed by atoms with Gasteiger partial charge in [-0.2, -0.15) is 0 Å². The van der Waals surface area contributed by atoms with Crippen LogP contribution in [0.3, 0.4) is 0 Å². The fourth-order valence-corrected chi connectivity index (χ4v) is 3.72. The van der Waals surface area contributed by atoms with E-state index in [2.05, 4.69) is 5.32 Å². The van der Waals surface area contributed by atoms with Gasteiger partial charge in [0, 0.05) is 11.9 Å². The van der Waals surface area contributed by atoms with Gasteiger partial charge >= 0.3 is 0 Å². The van der Waals surface area contributed by atoms with Gasteiger partial charge in [-0.3, -0.25) is 9.59 Å². The Balaban J connectivity index is 1.82. The molecular weight excluding hydrogens is 344 g/mol. The summed E-state index contributed by atoms with van der Waals surface area (Å²) in [6.07, 6.45) is 0.812. The van der Waals surface area contributed by atoms with Gasteiger partial charge in [0.05, 0.1) is 16.1 Å². The van der Waals surface area contributed by atoms with E-state index in [4.69, 9.17) is 0 Å². The minimum atomic E-state index is -0.203. The third-order valence-corrected chi connectivity index (χ3v) is 5.16. The maximum Gasteiger partial charge on any atom is 0.265 e. The number of amides is 1. The average Bonchev–Trinajstić information content (AvgIpc) is 3.31. The number of para-hydroxylation sites is 1. The van der Waals surface area contributed by atoms with Gasteiger partial charge in [-0.05, 0) is 23.1 Å². The fourth-order valence-electron chi connectivity index (χ4n) is 3.10. The molecule has 2 aromatic carbocycles. The predicted molar refractivity (Wildman–Crippen MR) is 105 cm³/mol. The molecule has 0 aliphatic rings. The number of benzene rings is 2. The van der Waals surface area contributed by atoms with E-state index in [1.165, 1.54) is 11.3 Å². The Morgan fingerprint density at radius 1 is 1.00 bits per heavy atom. The molecular formula is C21H16N2O2S. The van der Waals surface area contributed by atoms with Crippen molar-refractivity contribution in [2.24, 2.45) is 0 Å². The monoisotopic (exact) mass is 360 g/mol. The summed E-state index contributed by atoms with van der Waals surface area (Å²) in [5.74, 6) is -0.203. The van der Waals surface area contributed by atoms with Crippen molar-refractivity contribution in [2.75, 3.05) is 5.32 Å². The van der Waals surface area contributed by atoms with Crippen LogP contribution in [0.4, 0.5) is 5.69 Å². The molecule has 26 heavy (non-hydrogen) atoms. The van der Waals surface area contributed by atoms with Gasteiger partial charge < -0.3 is 9.88 Å². The van der Waals surface area contributed by atoms with E-state index in [1.54, 1.807) is 6.07 Å². The van der Waals surface area contributed by atoms with Crippen molar-refractivity contribution in [3.05, 3.63) is 88.2 Å². The molecule has 0 fully saturated rings. The highest BCUT2D eigenvalue weighted by molar-refractivity contribution is 7.12. The van der Waals surface area contributed by atoms with Crippen LogP contribution in [0, 0.1) is 0 Å². The number of hydrogen-bond acceptors (Lipinski definition) is 3. The second-order valence-corrected chi connectivity index (χ2v) is 6.85. The Hall–Kier alpha value is -3.18. The van der Waals surface area contributed by atoms with E-state index in [1.807, 2.05) is 70.6 Å². The summed E-state index contributed by atoms with van der Waals surface area (Å²) >= 11 is 1.37. The molecule has 0 radical (unpaired) electrons. The van der Waals surface area contributed by atoms with Gasteiger partial charge in [0.2, 0.25) is 0 Å². The van der Waals surface area contributed by atoms with Crippen LogP contribution in [0.5, 0.6) is 0 Å². The van der Waals surface area contributed by atoms with Crippen LogP contribution in [-0.4, -0.2) is 16.8 Å². The molecule has 128 valence electrons. The molecule has 0 aliphatic carbocycles. The molecule has 2 aromatic heterocycles. The van der Waals surface area contributed by atoms with Crippen molar-refractivity contribution in [3.8, 4) is 0 Å². The topological polar surface area (TPSA) is 51.1 Å². The molecule has 1 N–H and O–H groups in total. The second-order valence-electron chi connectivity index (χ2n) is 5.90. The zero-order chi connectivity index (χ0) is 17.9. The lowest BCUT2D eigenvalue weighted by molar-refractivity contribution is 0.103. The van der Waals surface area contributed by atoms with E-state index in [-0.39, 0.29) is 5.91 Å². The zero-order valence-electron chi connectivity index (χ0n) is 13.9. The molecule has 0 unspecified atom stereocenters. The summed E-state index contributed by atoms with van der Waals surface area (Å²) in [4.78, 5) is 25.0. The highest BCUT2D eigenvalue weighted by Gasteiger charge is 2.19. The van der Waals surface area contributed by atoms with Gasteiger partial charge in [-0.25, -0.2) is 0 Å². The Morgan fingerprint density at radius 2 is 1.77 bits per heavy atom. The van der Waals surface area contributed by atoms with Crippen molar-refractivity contribution in [1.29, 1.82) is 0 Å². The quantitative estimate of drug-likeness (QED) is 0.519. The van der Waals surface area contributed by atoms with Gasteiger partial charge in [-0.15, -0.1) is 11.3 Å². The van der Waals surface area contributed by atoms with E-state index in [0.717, 1.165) is 22.8 Å². The molecule has 1 amide bonds. The first kappa shape index (κ1) is 16.3. The van der Waals surface area contributed by atoms with Gasteiger partial charge in [-0.1, -0.05) is 54.6 Å². The molecule has 0 saturated carbocycles. The lowest BCUT2D eigenvalue weighted by Crippen LogP contribution is -2.12. The van der Waals surface area contributed by atoms with Crippen molar-refractivity contribution < 1.29 is 9.59 Å². The molecule has 5 heteroatoms. The number of hydrogen-bond donors (Lipinski definition) is 1. The Kier molecular flexibility index (Phi) is 4.37. The summed E-state index contributed by atoms with van der Waals surface area (Å²) in [6, 6.07) is 21.3. The number of carbonyl (C=O) groups excluding carboxylic acids is 2. The Labute approximate surface area is 154 Å². The normalized spacial score (nSPS) is 10.8. The van der Waals surface area contributed by atoms with Crippen LogP contribution < -0.4 is 5.32 Å². The number of nitrogens with one attached hydrogen (secondary N) is 1. The van der Waals surface area contributed by atoms with E-state index in [0.29, 0.717) is 22.8 Å². The minimum Gasteiger partial charge on any atom is -0.332 e.